The van der Waals surface area contributed by atoms with Crippen LogP contribution in [0.5, 0.6) is 0 Å². The second-order valence-corrected chi connectivity index (χ2v) is 4.75. The molecule has 0 spiro atoms. The Labute approximate surface area is 98.1 Å². The Morgan fingerprint density at radius 1 is 1.38 bits per heavy atom. The molecular weight excluding hydrogens is 220 g/mol. The molecule has 0 radical (unpaired) electrons. The number of aliphatic hydroxyl groups excluding tert-OH is 1. The Hall–Kier alpha value is -1.68. The topological polar surface area (TPSA) is 46.0 Å². The molecule has 2 aromatic rings. The number of rotatable bonds is 2. The van der Waals surface area contributed by atoms with Crippen molar-refractivity contribution < 1.29 is 5.11 Å². The molecule has 0 fully saturated rings. The second-order valence-electron chi connectivity index (χ2n) is 3.55. The largest absolute Gasteiger partial charge is 0.506 e. The van der Waals surface area contributed by atoms with E-state index in [1.165, 1.54) is 11.3 Å². The second kappa shape index (κ2) is 4.06. The third-order valence-electron chi connectivity index (χ3n) is 2.18. The number of thiazole rings is 1. The Morgan fingerprint density at radius 3 is 2.69 bits per heavy atom. The summed E-state index contributed by atoms with van der Waals surface area (Å²) in [6, 6.07) is 3.91. The number of nitrogens with zero attached hydrogens (tertiary/aromatic N) is 2. The van der Waals surface area contributed by atoms with Crippen molar-refractivity contribution in [2.75, 3.05) is 0 Å². The van der Waals surface area contributed by atoms with Crippen LogP contribution in [0.1, 0.15) is 16.4 Å². The molecule has 0 aliphatic heterocycles. The van der Waals surface area contributed by atoms with E-state index in [-0.39, 0.29) is 5.76 Å². The minimum atomic E-state index is -0.0000694. The Morgan fingerprint density at radius 2 is 2.12 bits per heavy atom. The Balaban J connectivity index is 2.55. The molecule has 0 aliphatic rings. The summed E-state index contributed by atoms with van der Waals surface area (Å²) < 4.78 is 0. The molecular formula is C12H12N2OS. The van der Waals surface area contributed by atoms with E-state index in [1.54, 1.807) is 6.20 Å². The lowest BCUT2D eigenvalue weighted by Crippen LogP contribution is -1.87. The molecule has 4 heteroatoms. The average Bonchev–Trinajstić information content (AvgIpc) is 2.61. The fraction of sp³-hybridized carbons (Fsp3) is 0.167. The predicted molar refractivity (Wildman–Crippen MR) is 66.5 cm³/mol. The quantitative estimate of drug-likeness (QED) is 0.808. The summed E-state index contributed by atoms with van der Waals surface area (Å²) in [5, 5.41) is 10.4. The van der Waals surface area contributed by atoms with Crippen molar-refractivity contribution in [2.45, 2.75) is 13.8 Å². The highest BCUT2D eigenvalue weighted by Crippen LogP contribution is 2.32. The van der Waals surface area contributed by atoms with Gasteiger partial charge >= 0.3 is 0 Å². The molecule has 16 heavy (non-hydrogen) atoms. The van der Waals surface area contributed by atoms with Crippen molar-refractivity contribution in [3.8, 4) is 10.4 Å². The van der Waals surface area contributed by atoms with Gasteiger partial charge in [0.25, 0.3) is 0 Å². The standard InChI is InChI=1S/C12H12N2OS/c1-7-4-5-10(6-13-7)12-11(8(2)15)14-9(3)16-12/h4-6,15H,2H2,1,3H3. The smallest absolute Gasteiger partial charge is 0.135 e. The van der Waals surface area contributed by atoms with Gasteiger partial charge in [0.2, 0.25) is 0 Å². The SMILES string of the molecule is C=C(O)c1nc(C)sc1-c1ccc(C)nc1. The van der Waals surface area contributed by atoms with Crippen molar-refractivity contribution in [2.24, 2.45) is 0 Å². The first-order valence-corrected chi connectivity index (χ1v) is 5.68. The summed E-state index contributed by atoms with van der Waals surface area (Å²) in [7, 11) is 0. The monoisotopic (exact) mass is 232 g/mol. The van der Waals surface area contributed by atoms with Gasteiger partial charge < -0.3 is 5.11 Å². The fourth-order valence-electron chi connectivity index (χ4n) is 1.42. The number of hydrogen-bond acceptors (Lipinski definition) is 4. The summed E-state index contributed by atoms with van der Waals surface area (Å²) in [6.45, 7) is 7.36. The average molecular weight is 232 g/mol. The molecule has 0 amide bonds. The van der Waals surface area contributed by atoms with Crippen LogP contribution in [0.3, 0.4) is 0 Å². The first-order valence-electron chi connectivity index (χ1n) is 4.86. The molecule has 82 valence electrons. The van der Waals surface area contributed by atoms with E-state index in [0.29, 0.717) is 5.69 Å². The molecule has 2 heterocycles. The van der Waals surface area contributed by atoms with Crippen molar-refractivity contribution in [3.05, 3.63) is 41.3 Å². The molecule has 0 aliphatic carbocycles. The van der Waals surface area contributed by atoms with Crippen molar-refractivity contribution >= 4 is 17.1 Å². The van der Waals surface area contributed by atoms with Crippen LogP contribution in [-0.4, -0.2) is 15.1 Å². The minimum Gasteiger partial charge on any atom is -0.506 e. The van der Waals surface area contributed by atoms with E-state index in [9.17, 15) is 5.11 Å². The highest BCUT2D eigenvalue weighted by Gasteiger charge is 2.13. The number of pyridine rings is 1. The van der Waals surface area contributed by atoms with E-state index >= 15 is 0 Å². The third-order valence-corrected chi connectivity index (χ3v) is 3.20. The van der Waals surface area contributed by atoms with Gasteiger partial charge in [-0.05, 0) is 19.9 Å². The van der Waals surface area contributed by atoms with Gasteiger partial charge in [-0.15, -0.1) is 11.3 Å². The molecule has 0 atom stereocenters. The molecule has 1 N–H and O–H groups in total. The number of aliphatic hydroxyl groups is 1. The van der Waals surface area contributed by atoms with Crippen LogP contribution in [0.4, 0.5) is 0 Å². The lowest BCUT2D eigenvalue weighted by molar-refractivity contribution is 0.511. The summed E-state index contributed by atoms with van der Waals surface area (Å²) in [6.07, 6.45) is 1.79. The lowest BCUT2D eigenvalue weighted by Gasteiger charge is -2.00. The molecule has 0 bridgehead atoms. The zero-order valence-electron chi connectivity index (χ0n) is 9.19. The number of aromatic nitrogens is 2. The first kappa shape index (κ1) is 10.8. The molecule has 0 saturated carbocycles. The highest BCUT2D eigenvalue weighted by molar-refractivity contribution is 7.15. The number of hydrogen-bond donors (Lipinski definition) is 1. The molecule has 0 saturated heterocycles. The lowest BCUT2D eigenvalue weighted by atomic mass is 10.2. The number of aryl methyl sites for hydroxylation is 2. The Kier molecular flexibility index (Phi) is 2.75. The summed E-state index contributed by atoms with van der Waals surface area (Å²) >= 11 is 1.53. The Bertz CT molecular complexity index is 528. The van der Waals surface area contributed by atoms with Crippen LogP contribution in [0, 0.1) is 13.8 Å². The van der Waals surface area contributed by atoms with Gasteiger partial charge in [0.05, 0.1) is 9.88 Å². The molecule has 0 unspecified atom stereocenters. The van der Waals surface area contributed by atoms with Crippen molar-refractivity contribution in [3.63, 3.8) is 0 Å². The van der Waals surface area contributed by atoms with Crippen LogP contribution < -0.4 is 0 Å². The predicted octanol–water partition coefficient (Wildman–Crippen LogP) is 3.35. The summed E-state index contributed by atoms with van der Waals surface area (Å²) in [4.78, 5) is 9.40. The van der Waals surface area contributed by atoms with Crippen LogP contribution in [-0.2, 0) is 0 Å². The summed E-state index contributed by atoms with van der Waals surface area (Å²) in [5.74, 6) is -0.0000694. The summed E-state index contributed by atoms with van der Waals surface area (Å²) in [5.41, 5.74) is 2.48. The van der Waals surface area contributed by atoms with Gasteiger partial charge in [-0.3, -0.25) is 4.98 Å². The maximum Gasteiger partial charge on any atom is 0.135 e. The van der Waals surface area contributed by atoms with Gasteiger partial charge in [-0.25, -0.2) is 4.98 Å². The maximum atomic E-state index is 9.46. The molecule has 0 aromatic carbocycles. The zero-order valence-corrected chi connectivity index (χ0v) is 10.0. The molecule has 2 aromatic heterocycles. The van der Waals surface area contributed by atoms with E-state index in [1.807, 2.05) is 26.0 Å². The first-order chi connectivity index (χ1) is 7.58. The van der Waals surface area contributed by atoms with Gasteiger partial charge in [0.15, 0.2) is 0 Å². The molecule has 2 rings (SSSR count). The van der Waals surface area contributed by atoms with E-state index < -0.39 is 0 Å². The van der Waals surface area contributed by atoms with E-state index in [0.717, 1.165) is 21.1 Å². The molecule has 3 nitrogen and oxygen atoms in total. The van der Waals surface area contributed by atoms with Crippen LogP contribution in [0.15, 0.2) is 24.9 Å². The zero-order chi connectivity index (χ0) is 11.7. The van der Waals surface area contributed by atoms with Crippen molar-refractivity contribution in [1.29, 1.82) is 0 Å². The van der Waals surface area contributed by atoms with Crippen LogP contribution in [0.25, 0.3) is 16.2 Å². The van der Waals surface area contributed by atoms with Crippen LogP contribution >= 0.6 is 11.3 Å². The maximum absolute atomic E-state index is 9.46. The van der Waals surface area contributed by atoms with Gasteiger partial charge in [-0.2, -0.15) is 0 Å². The van der Waals surface area contributed by atoms with E-state index in [4.69, 9.17) is 0 Å². The fourth-order valence-corrected chi connectivity index (χ4v) is 2.35. The third kappa shape index (κ3) is 1.97. The van der Waals surface area contributed by atoms with E-state index in [2.05, 4.69) is 16.5 Å². The van der Waals surface area contributed by atoms with Gasteiger partial charge in [-0.1, -0.05) is 12.6 Å². The van der Waals surface area contributed by atoms with Crippen LogP contribution in [0.2, 0.25) is 0 Å². The normalized spacial score (nSPS) is 10.4. The van der Waals surface area contributed by atoms with Gasteiger partial charge in [0, 0.05) is 17.5 Å². The minimum absolute atomic E-state index is 0.0000694. The van der Waals surface area contributed by atoms with Crippen molar-refractivity contribution in [1.82, 2.24) is 9.97 Å². The van der Waals surface area contributed by atoms with Gasteiger partial charge in [0.1, 0.15) is 11.5 Å². The highest BCUT2D eigenvalue weighted by atomic mass is 32.1.